The van der Waals surface area contributed by atoms with Gasteiger partial charge in [0.05, 0.1) is 5.56 Å². The molecule has 8 heteroatoms. The van der Waals surface area contributed by atoms with Gasteiger partial charge in [0.15, 0.2) is 0 Å². The van der Waals surface area contributed by atoms with E-state index >= 15 is 0 Å². The van der Waals surface area contributed by atoms with E-state index in [1.807, 2.05) is 6.92 Å². The third-order valence-electron chi connectivity index (χ3n) is 5.05. The van der Waals surface area contributed by atoms with E-state index in [0.717, 1.165) is 42.7 Å². The van der Waals surface area contributed by atoms with E-state index in [-0.39, 0.29) is 17.9 Å². The lowest BCUT2D eigenvalue weighted by molar-refractivity contribution is -0.144. The van der Waals surface area contributed by atoms with Crippen LogP contribution in [0.3, 0.4) is 0 Å². The fraction of sp³-hybridized carbons (Fsp3) is 0.280. The molecule has 0 atom stereocenters. The molecule has 3 rings (SSSR count). The van der Waals surface area contributed by atoms with Crippen molar-refractivity contribution in [3.05, 3.63) is 75.8 Å². The molecular formula is C25H23F3O4S. The largest absolute Gasteiger partial charge is 0.457 e. The van der Waals surface area contributed by atoms with Crippen molar-refractivity contribution < 1.29 is 27.4 Å². The van der Waals surface area contributed by atoms with E-state index in [1.54, 1.807) is 24.3 Å². The fourth-order valence-corrected chi connectivity index (χ4v) is 4.28. The number of carbonyl (C=O) groups excluding carboxylic acids is 1. The Morgan fingerprint density at radius 3 is 2.58 bits per heavy atom. The molecule has 0 fully saturated rings. The van der Waals surface area contributed by atoms with Gasteiger partial charge >= 0.3 is 12.1 Å². The lowest BCUT2D eigenvalue weighted by Gasteiger charge is -2.15. The molecular weight excluding hydrogens is 453 g/mol. The smallest absolute Gasteiger partial charge is 0.417 e. The molecule has 0 N–H and O–H groups in total. The molecule has 0 aliphatic heterocycles. The van der Waals surface area contributed by atoms with Crippen molar-refractivity contribution >= 4 is 27.4 Å². The predicted molar refractivity (Wildman–Crippen MR) is 124 cm³/mol. The Kier molecular flexibility index (Phi) is 7.92. The minimum atomic E-state index is -4.58. The van der Waals surface area contributed by atoms with Crippen molar-refractivity contribution in [1.29, 1.82) is 0 Å². The van der Waals surface area contributed by atoms with Gasteiger partial charge in [0.25, 0.3) is 0 Å². The molecule has 0 spiro atoms. The third-order valence-corrected chi connectivity index (χ3v) is 6.03. The minimum Gasteiger partial charge on any atom is -0.457 e. The van der Waals surface area contributed by atoms with Gasteiger partial charge in [-0.15, -0.1) is 0 Å². The summed E-state index contributed by atoms with van der Waals surface area (Å²) in [6, 6.07) is 10.5. The molecule has 0 aliphatic carbocycles. The Hall–Kier alpha value is -3.13. The van der Waals surface area contributed by atoms with Gasteiger partial charge in [0.2, 0.25) is 11.5 Å². The summed E-state index contributed by atoms with van der Waals surface area (Å²) >= 11 is 0.835. The van der Waals surface area contributed by atoms with Crippen LogP contribution in [0.25, 0.3) is 21.2 Å². The van der Waals surface area contributed by atoms with Gasteiger partial charge in [-0.3, -0.25) is 4.79 Å². The Labute approximate surface area is 193 Å². The summed E-state index contributed by atoms with van der Waals surface area (Å²) in [6.07, 6.45) is -0.272. The number of fused-ring (bicyclic) bond motifs is 1. The maximum absolute atomic E-state index is 13.8. The number of hydrogen-bond acceptors (Lipinski definition) is 5. The second-order valence-corrected chi connectivity index (χ2v) is 8.43. The topological polar surface area (TPSA) is 52.6 Å². The summed E-state index contributed by atoms with van der Waals surface area (Å²) in [6.45, 7) is 4.98. The Morgan fingerprint density at radius 1 is 1.09 bits per heavy atom. The molecule has 1 heterocycles. The monoisotopic (exact) mass is 476 g/mol. The molecule has 1 aromatic heterocycles. The summed E-state index contributed by atoms with van der Waals surface area (Å²) in [7, 11) is 0. The zero-order valence-electron chi connectivity index (χ0n) is 18.0. The van der Waals surface area contributed by atoms with Crippen molar-refractivity contribution in [2.75, 3.05) is 6.79 Å². The molecule has 0 amide bonds. The number of unbranched alkanes of at least 4 members (excludes halogenated alkanes) is 2. The highest BCUT2D eigenvalue weighted by atomic mass is 32.1. The highest BCUT2D eigenvalue weighted by Gasteiger charge is 2.34. The molecule has 4 nitrogen and oxygen atoms in total. The molecule has 0 saturated carbocycles. The number of aryl methyl sites for hydroxylation is 1. The van der Waals surface area contributed by atoms with E-state index < -0.39 is 22.5 Å². The Balaban J connectivity index is 1.95. The molecule has 33 heavy (non-hydrogen) atoms. The summed E-state index contributed by atoms with van der Waals surface area (Å²) in [5.74, 6) is -0.280. The normalized spacial score (nSPS) is 11.4. The van der Waals surface area contributed by atoms with Gasteiger partial charge in [-0.2, -0.15) is 13.2 Å². The summed E-state index contributed by atoms with van der Waals surface area (Å²) in [4.78, 5) is 23.9. The number of benzene rings is 2. The fourth-order valence-electron chi connectivity index (χ4n) is 3.38. The van der Waals surface area contributed by atoms with Crippen molar-refractivity contribution in [3.63, 3.8) is 0 Å². The molecule has 174 valence electrons. The van der Waals surface area contributed by atoms with Crippen LogP contribution in [0.15, 0.2) is 59.9 Å². The highest BCUT2D eigenvalue weighted by Crippen LogP contribution is 2.38. The van der Waals surface area contributed by atoms with E-state index in [9.17, 15) is 22.8 Å². The van der Waals surface area contributed by atoms with Gasteiger partial charge in [-0.05, 0) is 59.7 Å². The number of ether oxygens (including phenoxy) is 2. The molecule has 3 aromatic rings. The van der Waals surface area contributed by atoms with Crippen LogP contribution in [0.2, 0.25) is 0 Å². The quantitative estimate of drug-likeness (QED) is 0.148. The minimum absolute atomic E-state index is 0.00788. The second-order valence-electron chi connectivity index (χ2n) is 7.41. The van der Waals surface area contributed by atoms with Gasteiger partial charge in [0.1, 0.15) is 5.75 Å². The maximum Gasteiger partial charge on any atom is 0.417 e. The molecule has 0 radical (unpaired) electrons. The number of halogens is 3. The van der Waals surface area contributed by atoms with Crippen molar-refractivity contribution in [2.45, 2.75) is 38.8 Å². The van der Waals surface area contributed by atoms with E-state index in [4.69, 9.17) is 9.47 Å². The molecule has 2 aromatic carbocycles. The molecule has 0 aliphatic rings. The van der Waals surface area contributed by atoms with Gasteiger partial charge in [-0.25, -0.2) is 4.79 Å². The first kappa shape index (κ1) is 24.5. The van der Waals surface area contributed by atoms with Crippen LogP contribution in [0, 0.1) is 0 Å². The standard InChI is InChI=1S/C25H23F3O4S/c1-3-5-6-7-16-8-11-19(21(12-16)25(26,27)28)20-13-17-9-10-18(14-22(17)33-24(20)30)31-15-32-23(29)4-2/h4,8-14H,2-3,5-7,15H2,1H3. The summed E-state index contributed by atoms with van der Waals surface area (Å²) in [5, 5.41) is 0.602. The number of carbonyl (C=O) groups is 1. The lowest BCUT2D eigenvalue weighted by Crippen LogP contribution is -2.11. The van der Waals surface area contributed by atoms with Gasteiger partial charge in [-0.1, -0.05) is 49.8 Å². The predicted octanol–water partition coefficient (Wildman–Crippen LogP) is 6.75. The Bertz CT molecular complexity index is 1210. The van der Waals surface area contributed by atoms with E-state index in [1.165, 1.54) is 12.1 Å². The number of rotatable bonds is 9. The van der Waals surface area contributed by atoms with Crippen LogP contribution in [0.5, 0.6) is 5.75 Å². The third kappa shape index (κ3) is 6.22. The number of esters is 1. The van der Waals surface area contributed by atoms with Crippen molar-refractivity contribution in [1.82, 2.24) is 0 Å². The molecule has 0 unspecified atom stereocenters. The van der Waals surface area contributed by atoms with Crippen LogP contribution >= 0.6 is 11.3 Å². The van der Waals surface area contributed by atoms with Crippen LogP contribution in [-0.2, 0) is 22.1 Å². The summed E-state index contributed by atoms with van der Waals surface area (Å²) in [5.41, 5.74) is -0.311. The van der Waals surface area contributed by atoms with Crippen LogP contribution < -0.4 is 9.48 Å². The number of hydrogen-bond donors (Lipinski definition) is 0. The van der Waals surface area contributed by atoms with Crippen molar-refractivity contribution in [3.8, 4) is 16.9 Å². The van der Waals surface area contributed by atoms with Crippen LogP contribution in [-0.4, -0.2) is 12.8 Å². The van der Waals surface area contributed by atoms with E-state index in [0.29, 0.717) is 27.8 Å². The molecule has 0 saturated heterocycles. The highest BCUT2D eigenvalue weighted by molar-refractivity contribution is 7.16. The first-order valence-corrected chi connectivity index (χ1v) is 11.2. The zero-order valence-corrected chi connectivity index (χ0v) is 18.9. The lowest BCUT2D eigenvalue weighted by atomic mass is 9.96. The SMILES string of the molecule is C=CC(=O)OCOc1ccc2cc(-c3ccc(CCCCC)cc3C(F)(F)F)c(=O)sc2c1. The first-order chi connectivity index (χ1) is 15.7. The second kappa shape index (κ2) is 10.7. The Morgan fingerprint density at radius 2 is 1.88 bits per heavy atom. The van der Waals surface area contributed by atoms with Gasteiger partial charge < -0.3 is 9.47 Å². The van der Waals surface area contributed by atoms with Crippen LogP contribution in [0.1, 0.15) is 37.3 Å². The first-order valence-electron chi connectivity index (χ1n) is 10.4. The average Bonchev–Trinajstić information content (AvgIpc) is 2.78. The maximum atomic E-state index is 13.8. The van der Waals surface area contributed by atoms with Crippen LogP contribution in [0.4, 0.5) is 13.2 Å². The van der Waals surface area contributed by atoms with Crippen molar-refractivity contribution in [2.24, 2.45) is 0 Å². The summed E-state index contributed by atoms with van der Waals surface area (Å²) < 4.78 is 51.7. The average molecular weight is 477 g/mol. The van der Waals surface area contributed by atoms with Gasteiger partial charge in [0, 0.05) is 16.3 Å². The zero-order chi connectivity index (χ0) is 24.0. The molecule has 0 bridgehead atoms. The van der Waals surface area contributed by atoms with E-state index in [2.05, 4.69) is 6.58 Å². The number of alkyl halides is 3.